The first kappa shape index (κ1) is 17.5. The molecule has 3 atom stereocenters. The van der Waals surface area contributed by atoms with Crippen LogP contribution in [0.25, 0.3) is 0 Å². The minimum Gasteiger partial charge on any atom is -0.325 e. The lowest BCUT2D eigenvalue weighted by atomic mass is 9.56. The Balaban J connectivity index is 1.60. The van der Waals surface area contributed by atoms with E-state index in [1.54, 1.807) is 18.2 Å². The summed E-state index contributed by atoms with van der Waals surface area (Å²) in [6.07, 6.45) is 3.43. The zero-order valence-corrected chi connectivity index (χ0v) is 16.1. The summed E-state index contributed by atoms with van der Waals surface area (Å²) >= 11 is 0. The Morgan fingerprint density at radius 1 is 1.10 bits per heavy atom. The molecular formula is C23H19FN4O2. The van der Waals surface area contributed by atoms with Crippen LogP contribution in [0.2, 0.25) is 0 Å². The van der Waals surface area contributed by atoms with E-state index >= 15 is 0 Å². The van der Waals surface area contributed by atoms with E-state index in [9.17, 15) is 14.0 Å². The van der Waals surface area contributed by atoms with Gasteiger partial charge in [-0.25, -0.2) is 9.38 Å². The van der Waals surface area contributed by atoms with Crippen LogP contribution in [0.5, 0.6) is 0 Å². The van der Waals surface area contributed by atoms with Crippen LogP contribution in [-0.2, 0) is 15.0 Å². The second-order valence-electron chi connectivity index (χ2n) is 8.29. The number of hydrogen-bond acceptors (Lipinski definition) is 4. The fourth-order valence-corrected chi connectivity index (χ4v) is 5.60. The Bertz CT molecular complexity index is 1160. The molecule has 0 bridgehead atoms. The number of nitrogens with one attached hydrogen (secondary N) is 1. The number of amidine groups is 1. The predicted octanol–water partition coefficient (Wildman–Crippen LogP) is 3.64. The van der Waals surface area contributed by atoms with Gasteiger partial charge in [-0.2, -0.15) is 5.01 Å². The third-order valence-corrected chi connectivity index (χ3v) is 6.81. The average Bonchev–Trinajstić information content (AvgIpc) is 3.24. The summed E-state index contributed by atoms with van der Waals surface area (Å²) in [4.78, 5) is 32.0. The van der Waals surface area contributed by atoms with Gasteiger partial charge >= 0.3 is 0 Å². The van der Waals surface area contributed by atoms with Gasteiger partial charge in [0.2, 0.25) is 5.91 Å². The monoisotopic (exact) mass is 402 g/mol. The van der Waals surface area contributed by atoms with Crippen molar-refractivity contribution in [2.24, 2.45) is 21.9 Å². The molecule has 6 rings (SSSR count). The van der Waals surface area contributed by atoms with Crippen molar-refractivity contribution >= 4 is 34.7 Å². The number of rotatable bonds is 1. The van der Waals surface area contributed by atoms with Crippen molar-refractivity contribution < 1.29 is 14.0 Å². The van der Waals surface area contributed by atoms with Crippen LogP contribution in [0.4, 0.5) is 15.8 Å². The Morgan fingerprint density at radius 3 is 2.77 bits per heavy atom. The summed E-state index contributed by atoms with van der Waals surface area (Å²) in [7, 11) is 0. The molecule has 1 spiro atoms. The molecule has 0 aromatic heterocycles. The summed E-state index contributed by atoms with van der Waals surface area (Å²) in [5, 5.41) is 8.80. The van der Waals surface area contributed by atoms with Crippen molar-refractivity contribution in [1.29, 1.82) is 0 Å². The summed E-state index contributed by atoms with van der Waals surface area (Å²) in [5.74, 6) is -1.73. The molecule has 1 saturated carbocycles. The second kappa shape index (κ2) is 6.08. The summed E-state index contributed by atoms with van der Waals surface area (Å²) in [6.45, 7) is 0. The van der Waals surface area contributed by atoms with Crippen LogP contribution in [0, 0.1) is 17.7 Å². The van der Waals surface area contributed by atoms with Gasteiger partial charge in [0.15, 0.2) is 5.84 Å². The van der Waals surface area contributed by atoms with Crippen molar-refractivity contribution in [1.82, 2.24) is 0 Å². The standard InChI is InChI=1S/C23H19FN4O2/c24-13-10-11-18-16(12-13)23(22(30)26-18)15-8-4-5-9-17(15)25-20-19(23)21(29)28(27-20)14-6-2-1-3-7-14/h1-3,6-7,10-12,15,19H,4-5,8-9H2,(H,26,30). The van der Waals surface area contributed by atoms with Gasteiger partial charge in [0.25, 0.3) is 5.91 Å². The fourth-order valence-electron chi connectivity index (χ4n) is 5.60. The number of aliphatic imine (C=N–C) groups is 1. The van der Waals surface area contributed by atoms with E-state index in [0.29, 0.717) is 22.8 Å². The van der Waals surface area contributed by atoms with E-state index in [-0.39, 0.29) is 17.7 Å². The maximum atomic E-state index is 14.3. The number of nitrogens with zero attached hydrogens (tertiary/aromatic N) is 3. The first-order valence-corrected chi connectivity index (χ1v) is 10.3. The molecule has 1 aliphatic carbocycles. The van der Waals surface area contributed by atoms with E-state index in [1.807, 2.05) is 18.2 Å². The molecule has 1 fully saturated rings. The number of para-hydroxylation sites is 1. The largest absolute Gasteiger partial charge is 0.325 e. The molecule has 4 aliphatic rings. The van der Waals surface area contributed by atoms with Gasteiger partial charge in [-0.05, 0) is 55.2 Å². The predicted molar refractivity (Wildman–Crippen MR) is 111 cm³/mol. The number of amides is 2. The van der Waals surface area contributed by atoms with Gasteiger partial charge in [0.05, 0.1) is 5.69 Å². The van der Waals surface area contributed by atoms with E-state index in [2.05, 4.69) is 10.4 Å². The zero-order chi connectivity index (χ0) is 20.5. The maximum absolute atomic E-state index is 14.3. The van der Waals surface area contributed by atoms with Crippen LogP contribution < -0.4 is 10.3 Å². The van der Waals surface area contributed by atoms with Crippen LogP contribution >= 0.6 is 0 Å². The number of hydrogen-bond donors (Lipinski definition) is 1. The number of anilines is 2. The van der Waals surface area contributed by atoms with Crippen LogP contribution in [0.15, 0.2) is 58.6 Å². The summed E-state index contributed by atoms with van der Waals surface area (Å²) in [6, 6.07) is 13.4. The molecule has 2 amide bonds. The highest BCUT2D eigenvalue weighted by atomic mass is 19.1. The number of benzene rings is 2. The van der Waals surface area contributed by atoms with E-state index in [1.165, 1.54) is 17.1 Å². The lowest BCUT2D eigenvalue weighted by Gasteiger charge is -2.44. The van der Waals surface area contributed by atoms with Crippen LogP contribution in [0.3, 0.4) is 0 Å². The first-order chi connectivity index (χ1) is 14.6. The third kappa shape index (κ3) is 2.12. The van der Waals surface area contributed by atoms with Gasteiger partial charge in [-0.15, -0.1) is 5.10 Å². The van der Waals surface area contributed by atoms with Gasteiger partial charge in [-0.3, -0.25) is 9.59 Å². The molecule has 0 saturated heterocycles. The second-order valence-corrected chi connectivity index (χ2v) is 8.29. The number of carbonyl (C=O) groups excluding carboxylic acids is 2. The summed E-state index contributed by atoms with van der Waals surface area (Å²) < 4.78 is 14.3. The molecule has 3 aliphatic heterocycles. The van der Waals surface area contributed by atoms with Gasteiger partial charge < -0.3 is 5.32 Å². The molecular weight excluding hydrogens is 383 g/mol. The third-order valence-electron chi connectivity index (χ3n) is 6.81. The summed E-state index contributed by atoms with van der Waals surface area (Å²) in [5.41, 5.74) is 1.42. The minimum atomic E-state index is -1.21. The highest BCUT2D eigenvalue weighted by Crippen LogP contribution is 2.56. The van der Waals surface area contributed by atoms with Crippen molar-refractivity contribution in [3.8, 4) is 0 Å². The van der Waals surface area contributed by atoms with Gasteiger partial charge in [0, 0.05) is 17.3 Å². The fraction of sp³-hybridized carbons (Fsp3) is 0.304. The van der Waals surface area contributed by atoms with Crippen molar-refractivity contribution in [2.75, 3.05) is 10.3 Å². The molecule has 0 radical (unpaired) electrons. The van der Waals surface area contributed by atoms with E-state index in [4.69, 9.17) is 4.99 Å². The highest BCUT2D eigenvalue weighted by molar-refractivity contribution is 6.27. The van der Waals surface area contributed by atoms with Crippen LogP contribution in [0.1, 0.15) is 31.2 Å². The number of carbonyl (C=O) groups is 2. The van der Waals surface area contributed by atoms with Gasteiger partial charge in [0.1, 0.15) is 17.2 Å². The highest BCUT2D eigenvalue weighted by Gasteiger charge is 2.66. The average molecular weight is 402 g/mol. The molecule has 150 valence electrons. The quantitative estimate of drug-likeness (QED) is 0.791. The number of halogens is 1. The maximum Gasteiger partial charge on any atom is 0.259 e. The SMILES string of the molecule is O=C1C2C(=NN1c1ccccc1)N=C1CCCCC1C21C(=O)Nc2ccc(F)cc21. The molecule has 6 nitrogen and oxygen atoms in total. The molecule has 2 aromatic rings. The molecule has 7 heteroatoms. The van der Waals surface area contributed by atoms with Gasteiger partial charge in [-0.1, -0.05) is 24.6 Å². The van der Waals surface area contributed by atoms with Crippen LogP contribution in [-0.4, -0.2) is 23.4 Å². The molecule has 1 N–H and O–H groups in total. The minimum absolute atomic E-state index is 0.238. The van der Waals surface area contributed by atoms with Crippen molar-refractivity contribution in [3.63, 3.8) is 0 Å². The zero-order valence-electron chi connectivity index (χ0n) is 16.1. The number of fused-ring (bicyclic) bond motifs is 6. The van der Waals surface area contributed by atoms with E-state index in [0.717, 1.165) is 31.4 Å². The smallest absolute Gasteiger partial charge is 0.259 e. The normalized spacial score (nSPS) is 29.2. The molecule has 3 unspecified atom stereocenters. The molecule has 2 aromatic carbocycles. The lowest BCUT2D eigenvalue weighted by Crippen LogP contribution is -2.58. The lowest BCUT2D eigenvalue weighted by molar-refractivity contribution is -0.130. The van der Waals surface area contributed by atoms with E-state index < -0.39 is 17.2 Å². The Kier molecular flexibility index (Phi) is 3.54. The topological polar surface area (TPSA) is 74.1 Å². The van der Waals surface area contributed by atoms with Crippen molar-refractivity contribution in [2.45, 2.75) is 31.1 Å². The Morgan fingerprint density at radius 2 is 1.93 bits per heavy atom. The Hall–Kier alpha value is -3.35. The Labute approximate surface area is 172 Å². The first-order valence-electron chi connectivity index (χ1n) is 10.3. The number of hydrazone groups is 1. The molecule has 30 heavy (non-hydrogen) atoms. The molecule has 3 heterocycles. The van der Waals surface area contributed by atoms with Crippen molar-refractivity contribution in [3.05, 3.63) is 59.9 Å².